The number of allylic oxidation sites excluding steroid dienone is 2. The van der Waals surface area contributed by atoms with Crippen molar-refractivity contribution in [2.24, 2.45) is 0 Å². The van der Waals surface area contributed by atoms with Gasteiger partial charge in [-0.25, -0.2) is 0 Å². The standard InChI is InChI=1S/C65H48N2O2/c1-6-7-23-47-41(3)68-63-51(47)27-17-32-59(63)67(57-30-15-20-42-19-11-12-24-48(42)57)45-35-37-53-56(39-45)65(4,5)55-29-16-26-50-54-38-44(34-36-46(54)40(2)61(53)62(50)55)66(43-21-9-8-10-22-43)58-31-18-28-52-49-25-13-14-33-60(49)69-64(52)58/h6-39H,1H2,2-5H3/b23-7-. The van der Waals surface area contributed by atoms with Gasteiger partial charge in [-0.1, -0.05) is 166 Å². The van der Waals surface area contributed by atoms with Gasteiger partial charge in [-0.3, -0.25) is 0 Å². The van der Waals surface area contributed by atoms with Gasteiger partial charge in [0.2, 0.25) is 0 Å². The number of benzene rings is 10. The van der Waals surface area contributed by atoms with Crippen LogP contribution in [0.4, 0.5) is 34.1 Å². The van der Waals surface area contributed by atoms with Crippen molar-refractivity contribution in [2.75, 3.05) is 9.80 Å². The van der Waals surface area contributed by atoms with E-state index in [-0.39, 0.29) is 5.41 Å². The number of rotatable bonds is 8. The van der Waals surface area contributed by atoms with Gasteiger partial charge in [0.15, 0.2) is 11.2 Å². The number of hydrogen-bond acceptors (Lipinski definition) is 4. The smallest absolute Gasteiger partial charge is 0.159 e. The van der Waals surface area contributed by atoms with E-state index in [9.17, 15) is 0 Å². The van der Waals surface area contributed by atoms with Crippen molar-refractivity contribution >= 4 is 105 Å². The minimum atomic E-state index is -0.344. The summed E-state index contributed by atoms with van der Waals surface area (Å²) in [6.07, 6.45) is 5.88. The van der Waals surface area contributed by atoms with Crippen LogP contribution in [0.5, 0.6) is 0 Å². The maximum atomic E-state index is 6.73. The molecule has 2 heterocycles. The van der Waals surface area contributed by atoms with Crippen LogP contribution in [0.3, 0.4) is 0 Å². The van der Waals surface area contributed by atoms with Gasteiger partial charge in [-0.2, -0.15) is 0 Å². The summed E-state index contributed by atoms with van der Waals surface area (Å²) in [5.74, 6) is 0.871. The average Bonchev–Trinajstić information content (AvgIpc) is 3.93. The first-order valence-electron chi connectivity index (χ1n) is 23.8. The van der Waals surface area contributed by atoms with E-state index in [1.54, 1.807) is 0 Å². The molecule has 69 heavy (non-hydrogen) atoms. The van der Waals surface area contributed by atoms with E-state index in [0.29, 0.717) is 0 Å². The Bertz CT molecular complexity index is 4110. The molecule has 13 rings (SSSR count). The SMILES string of the molecule is C=C/C=C\c1c(C)oc2c(N(c3ccc4c(c3)C(C)(C)c3cccc5c3c-4c(C)c3ccc(N(c4ccccc4)c4cccc6c4oc4ccccc46)cc35)c3cccc4ccccc34)cccc12. The molecule has 0 saturated heterocycles. The zero-order valence-electron chi connectivity index (χ0n) is 39.0. The van der Waals surface area contributed by atoms with Crippen molar-refractivity contribution in [1.29, 1.82) is 0 Å². The topological polar surface area (TPSA) is 32.8 Å². The average molecular weight is 889 g/mol. The molecule has 0 saturated carbocycles. The molecule has 0 atom stereocenters. The second kappa shape index (κ2) is 15.5. The van der Waals surface area contributed by atoms with Crippen LogP contribution in [0, 0.1) is 13.8 Å². The van der Waals surface area contributed by atoms with E-state index >= 15 is 0 Å². The van der Waals surface area contributed by atoms with Crippen molar-refractivity contribution in [2.45, 2.75) is 33.1 Å². The Morgan fingerprint density at radius 1 is 0.478 bits per heavy atom. The highest BCUT2D eigenvalue weighted by Crippen LogP contribution is 2.55. The van der Waals surface area contributed by atoms with Crippen molar-refractivity contribution < 1.29 is 8.83 Å². The number of anilines is 6. The van der Waals surface area contributed by atoms with Gasteiger partial charge in [0, 0.05) is 49.6 Å². The van der Waals surface area contributed by atoms with Gasteiger partial charge in [-0.05, 0) is 129 Å². The van der Waals surface area contributed by atoms with E-state index in [1.807, 2.05) is 25.1 Å². The largest absolute Gasteiger partial charge is 0.459 e. The minimum Gasteiger partial charge on any atom is -0.459 e. The second-order valence-corrected chi connectivity index (χ2v) is 18.9. The lowest BCUT2D eigenvalue weighted by molar-refractivity contribution is 0.578. The zero-order chi connectivity index (χ0) is 46.5. The molecule has 0 aliphatic heterocycles. The highest BCUT2D eigenvalue weighted by Gasteiger charge is 2.36. The molecular weight excluding hydrogens is 841 g/mol. The molecule has 10 aromatic carbocycles. The Labute approximate surface area is 401 Å². The summed E-state index contributed by atoms with van der Waals surface area (Å²) in [5.41, 5.74) is 16.0. The number of fused-ring (bicyclic) bond motifs is 9. The molecular formula is C65H48N2O2. The molecule has 0 N–H and O–H groups in total. The highest BCUT2D eigenvalue weighted by molar-refractivity contribution is 6.20. The van der Waals surface area contributed by atoms with Crippen LogP contribution in [-0.2, 0) is 5.41 Å². The molecule has 0 amide bonds. The first kappa shape index (κ1) is 40.7. The quantitative estimate of drug-likeness (QED) is 0.112. The maximum absolute atomic E-state index is 6.73. The van der Waals surface area contributed by atoms with Crippen molar-refractivity contribution in [3.63, 3.8) is 0 Å². The van der Waals surface area contributed by atoms with Crippen molar-refractivity contribution in [3.05, 3.63) is 235 Å². The molecule has 0 radical (unpaired) electrons. The maximum Gasteiger partial charge on any atom is 0.159 e. The number of furan rings is 2. The Balaban J connectivity index is 1.02. The Morgan fingerprint density at radius 3 is 1.96 bits per heavy atom. The van der Waals surface area contributed by atoms with E-state index in [1.165, 1.54) is 60.1 Å². The normalized spacial score (nSPS) is 13.0. The fraction of sp³-hybridized carbons (Fsp3) is 0.0769. The lowest BCUT2D eigenvalue weighted by atomic mass is 9.67. The lowest BCUT2D eigenvalue weighted by Gasteiger charge is -2.38. The van der Waals surface area contributed by atoms with Gasteiger partial charge in [0.1, 0.15) is 11.3 Å². The van der Waals surface area contributed by atoms with E-state index < -0.39 is 0 Å². The van der Waals surface area contributed by atoms with Crippen LogP contribution in [0.25, 0.3) is 82.4 Å². The molecule has 2 aromatic heterocycles. The fourth-order valence-corrected chi connectivity index (χ4v) is 11.5. The third kappa shape index (κ3) is 6.08. The number of hydrogen-bond donors (Lipinski definition) is 0. The number of nitrogens with zero attached hydrogens (tertiary/aromatic N) is 2. The Morgan fingerprint density at radius 2 is 1.12 bits per heavy atom. The second-order valence-electron chi connectivity index (χ2n) is 18.9. The van der Waals surface area contributed by atoms with Gasteiger partial charge in [-0.15, -0.1) is 0 Å². The summed E-state index contributed by atoms with van der Waals surface area (Å²) in [6.45, 7) is 13.1. The molecule has 12 aromatic rings. The van der Waals surface area contributed by atoms with Crippen molar-refractivity contribution in [3.8, 4) is 11.1 Å². The summed E-state index contributed by atoms with van der Waals surface area (Å²) in [4.78, 5) is 4.75. The van der Waals surface area contributed by atoms with E-state index in [0.717, 1.165) is 78.4 Å². The van der Waals surface area contributed by atoms with Gasteiger partial charge in [0.25, 0.3) is 0 Å². The summed E-state index contributed by atoms with van der Waals surface area (Å²) in [6, 6.07) is 68.2. The molecule has 4 nitrogen and oxygen atoms in total. The molecule has 0 fully saturated rings. The van der Waals surface area contributed by atoms with Crippen LogP contribution in [-0.4, -0.2) is 0 Å². The Hall–Kier alpha value is -8.60. The fourth-order valence-electron chi connectivity index (χ4n) is 11.5. The van der Waals surface area contributed by atoms with Crippen LogP contribution >= 0.6 is 0 Å². The molecule has 4 heteroatoms. The lowest BCUT2D eigenvalue weighted by Crippen LogP contribution is -2.25. The number of aryl methyl sites for hydroxylation is 2. The third-order valence-corrected chi connectivity index (χ3v) is 14.7. The zero-order valence-corrected chi connectivity index (χ0v) is 39.0. The van der Waals surface area contributed by atoms with Gasteiger partial charge in [0.05, 0.1) is 17.1 Å². The first-order valence-corrected chi connectivity index (χ1v) is 23.8. The van der Waals surface area contributed by atoms with Crippen LogP contribution in [0.15, 0.2) is 216 Å². The Kier molecular flexibility index (Phi) is 9.12. The molecule has 1 aliphatic carbocycles. The third-order valence-electron chi connectivity index (χ3n) is 14.7. The first-order chi connectivity index (χ1) is 33.8. The predicted octanol–water partition coefficient (Wildman–Crippen LogP) is 18.9. The molecule has 330 valence electrons. The van der Waals surface area contributed by atoms with Gasteiger partial charge < -0.3 is 18.6 Å². The number of para-hydroxylation sites is 4. The minimum absolute atomic E-state index is 0.344. The van der Waals surface area contributed by atoms with Crippen molar-refractivity contribution in [1.82, 2.24) is 0 Å². The van der Waals surface area contributed by atoms with Gasteiger partial charge >= 0.3 is 0 Å². The molecule has 0 spiro atoms. The summed E-state index contributed by atoms with van der Waals surface area (Å²) in [7, 11) is 0. The monoisotopic (exact) mass is 888 g/mol. The summed E-state index contributed by atoms with van der Waals surface area (Å²) < 4.78 is 13.4. The van der Waals surface area contributed by atoms with E-state index in [2.05, 4.69) is 225 Å². The van der Waals surface area contributed by atoms with E-state index in [4.69, 9.17) is 8.83 Å². The molecule has 0 bridgehead atoms. The van der Waals surface area contributed by atoms with Crippen LogP contribution in [0.1, 0.15) is 41.9 Å². The summed E-state index contributed by atoms with van der Waals surface area (Å²) >= 11 is 0. The molecule has 1 aliphatic rings. The van der Waals surface area contributed by atoms with Crippen LogP contribution in [0.2, 0.25) is 0 Å². The molecule has 0 unspecified atom stereocenters. The predicted molar refractivity (Wildman–Crippen MR) is 292 cm³/mol. The highest BCUT2D eigenvalue weighted by atomic mass is 16.3. The summed E-state index contributed by atoms with van der Waals surface area (Å²) in [5, 5.41) is 10.7. The van der Waals surface area contributed by atoms with Crippen LogP contribution < -0.4 is 9.80 Å².